The third-order valence-electron chi connectivity index (χ3n) is 4.26. The summed E-state index contributed by atoms with van der Waals surface area (Å²) >= 11 is 7.75. The molecule has 0 saturated carbocycles. The van der Waals surface area contributed by atoms with Crippen molar-refractivity contribution in [3.63, 3.8) is 0 Å². The second-order valence-corrected chi connectivity index (χ2v) is 7.44. The Morgan fingerprint density at radius 1 is 1.36 bits per heavy atom. The molecule has 130 valence electrons. The molecule has 0 fully saturated rings. The minimum absolute atomic E-state index is 0.158. The van der Waals surface area contributed by atoms with Gasteiger partial charge in [-0.15, -0.1) is 11.3 Å². The third kappa shape index (κ3) is 3.08. The van der Waals surface area contributed by atoms with Crippen LogP contribution in [0.25, 0.3) is 11.3 Å². The summed E-state index contributed by atoms with van der Waals surface area (Å²) in [5.41, 5.74) is 15.3. The predicted molar refractivity (Wildman–Crippen MR) is 102 cm³/mol. The fourth-order valence-corrected chi connectivity index (χ4v) is 4.50. The standard InChI is InChI=1S/C18H19ClN4OS/c1-10-14(16-13(19)9-22-23(16)2)15(17(25-10)18(21)24)12(8-20)11-6-4-3-5-7-11/h3-7,9,12H,8,20H2,1-2H3,(H2,21,24)/t12-/m0/s1. The highest BCUT2D eigenvalue weighted by Crippen LogP contribution is 2.44. The van der Waals surface area contributed by atoms with E-state index in [0.29, 0.717) is 16.4 Å². The maximum absolute atomic E-state index is 12.1. The molecule has 0 spiro atoms. The number of nitrogens with zero attached hydrogens (tertiary/aromatic N) is 2. The second-order valence-electron chi connectivity index (χ2n) is 5.80. The van der Waals surface area contributed by atoms with Crippen molar-refractivity contribution < 1.29 is 4.79 Å². The fraction of sp³-hybridized carbons (Fsp3) is 0.222. The third-order valence-corrected chi connectivity index (χ3v) is 5.67. The van der Waals surface area contributed by atoms with Crippen LogP contribution in [0.15, 0.2) is 36.5 Å². The van der Waals surface area contributed by atoms with Crippen molar-refractivity contribution in [2.24, 2.45) is 18.5 Å². The number of hydrogen-bond acceptors (Lipinski definition) is 4. The van der Waals surface area contributed by atoms with Crippen molar-refractivity contribution in [1.82, 2.24) is 9.78 Å². The number of halogens is 1. The first-order valence-electron chi connectivity index (χ1n) is 7.81. The minimum atomic E-state index is -0.456. The Morgan fingerprint density at radius 2 is 2.04 bits per heavy atom. The van der Waals surface area contributed by atoms with Gasteiger partial charge in [0.05, 0.1) is 21.8 Å². The van der Waals surface area contributed by atoms with E-state index in [1.54, 1.807) is 10.9 Å². The Morgan fingerprint density at radius 3 is 2.56 bits per heavy atom. The number of nitrogens with two attached hydrogens (primary N) is 2. The molecular formula is C18H19ClN4OS. The van der Waals surface area contributed by atoms with Crippen LogP contribution in [-0.2, 0) is 7.05 Å². The van der Waals surface area contributed by atoms with Gasteiger partial charge < -0.3 is 11.5 Å². The van der Waals surface area contributed by atoms with E-state index < -0.39 is 5.91 Å². The van der Waals surface area contributed by atoms with E-state index in [4.69, 9.17) is 23.1 Å². The molecule has 0 unspecified atom stereocenters. The molecule has 7 heteroatoms. The van der Waals surface area contributed by atoms with Crippen molar-refractivity contribution in [3.05, 3.63) is 62.4 Å². The van der Waals surface area contributed by atoms with Crippen LogP contribution in [0.4, 0.5) is 0 Å². The summed E-state index contributed by atoms with van der Waals surface area (Å²) in [6.07, 6.45) is 1.60. The molecule has 0 aliphatic carbocycles. The highest BCUT2D eigenvalue weighted by Gasteiger charge is 2.29. The summed E-state index contributed by atoms with van der Waals surface area (Å²) in [6, 6.07) is 9.87. The lowest BCUT2D eigenvalue weighted by Gasteiger charge is -2.19. The largest absolute Gasteiger partial charge is 0.365 e. The Balaban J connectivity index is 2.32. The fourth-order valence-electron chi connectivity index (χ4n) is 3.17. The molecule has 0 radical (unpaired) electrons. The zero-order valence-electron chi connectivity index (χ0n) is 14.0. The molecule has 0 aliphatic rings. The van der Waals surface area contributed by atoms with Crippen molar-refractivity contribution in [1.29, 1.82) is 0 Å². The molecule has 0 bridgehead atoms. The van der Waals surface area contributed by atoms with Crippen LogP contribution in [0.1, 0.15) is 31.6 Å². The first-order valence-corrected chi connectivity index (χ1v) is 9.01. The zero-order valence-corrected chi connectivity index (χ0v) is 15.6. The molecule has 1 aromatic carbocycles. The number of primary amides is 1. The lowest BCUT2D eigenvalue weighted by atomic mass is 9.87. The number of aromatic nitrogens is 2. The zero-order chi connectivity index (χ0) is 18.1. The van der Waals surface area contributed by atoms with Gasteiger partial charge in [0.2, 0.25) is 0 Å². The van der Waals surface area contributed by atoms with Crippen molar-refractivity contribution in [3.8, 4) is 11.3 Å². The number of benzene rings is 1. The number of amides is 1. The Labute approximate surface area is 155 Å². The topological polar surface area (TPSA) is 86.9 Å². The van der Waals surface area contributed by atoms with Crippen molar-refractivity contribution >= 4 is 28.8 Å². The average molecular weight is 375 g/mol. The minimum Gasteiger partial charge on any atom is -0.365 e. The van der Waals surface area contributed by atoms with Gasteiger partial charge in [0.15, 0.2) is 0 Å². The van der Waals surface area contributed by atoms with E-state index in [0.717, 1.165) is 27.3 Å². The maximum Gasteiger partial charge on any atom is 0.259 e. The van der Waals surface area contributed by atoms with Gasteiger partial charge in [-0.3, -0.25) is 9.48 Å². The predicted octanol–water partition coefficient (Wildman–Crippen LogP) is 3.30. The van der Waals surface area contributed by atoms with Gasteiger partial charge in [-0.2, -0.15) is 5.10 Å². The van der Waals surface area contributed by atoms with Crippen LogP contribution in [0, 0.1) is 6.92 Å². The summed E-state index contributed by atoms with van der Waals surface area (Å²) in [5.74, 6) is -0.614. The lowest BCUT2D eigenvalue weighted by Crippen LogP contribution is -2.19. The maximum atomic E-state index is 12.1. The van der Waals surface area contributed by atoms with Crippen LogP contribution in [-0.4, -0.2) is 22.2 Å². The first kappa shape index (κ1) is 17.7. The molecule has 2 aromatic heterocycles. The molecule has 2 heterocycles. The van der Waals surface area contributed by atoms with Gasteiger partial charge in [-0.05, 0) is 18.1 Å². The number of thiophene rings is 1. The molecule has 1 atom stereocenters. The van der Waals surface area contributed by atoms with E-state index in [-0.39, 0.29) is 5.92 Å². The normalized spacial score (nSPS) is 12.3. The molecule has 25 heavy (non-hydrogen) atoms. The SMILES string of the molecule is Cc1sc(C(N)=O)c([C@@H](CN)c2ccccc2)c1-c1c(Cl)cnn1C. The Hall–Kier alpha value is -2.15. The monoisotopic (exact) mass is 374 g/mol. The number of carbonyl (C=O) groups excluding carboxylic acids is 1. The van der Waals surface area contributed by atoms with Gasteiger partial charge in [0.1, 0.15) is 0 Å². The molecular weight excluding hydrogens is 356 g/mol. The van der Waals surface area contributed by atoms with Crippen molar-refractivity contribution in [2.75, 3.05) is 6.54 Å². The van der Waals surface area contributed by atoms with Gasteiger partial charge in [-0.1, -0.05) is 41.9 Å². The number of carbonyl (C=O) groups is 1. The number of aryl methyl sites for hydroxylation is 2. The van der Waals surface area contributed by atoms with Crippen molar-refractivity contribution in [2.45, 2.75) is 12.8 Å². The van der Waals surface area contributed by atoms with E-state index in [2.05, 4.69) is 5.10 Å². The van der Waals surface area contributed by atoms with Gasteiger partial charge in [0.25, 0.3) is 5.91 Å². The Kier molecular flexibility index (Phi) is 4.94. The van der Waals surface area contributed by atoms with Gasteiger partial charge in [0, 0.05) is 30.0 Å². The molecule has 3 aromatic rings. The van der Waals surface area contributed by atoms with Crippen LogP contribution >= 0.6 is 22.9 Å². The molecule has 4 N–H and O–H groups in total. The van der Waals surface area contributed by atoms with Crippen LogP contribution < -0.4 is 11.5 Å². The van der Waals surface area contributed by atoms with Crippen LogP contribution in [0.2, 0.25) is 5.02 Å². The summed E-state index contributed by atoms with van der Waals surface area (Å²) in [4.78, 5) is 13.6. The van der Waals surface area contributed by atoms with E-state index >= 15 is 0 Å². The summed E-state index contributed by atoms with van der Waals surface area (Å²) in [5, 5.41) is 4.76. The summed E-state index contributed by atoms with van der Waals surface area (Å²) in [6.45, 7) is 2.31. The summed E-state index contributed by atoms with van der Waals surface area (Å²) in [7, 11) is 1.83. The summed E-state index contributed by atoms with van der Waals surface area (Å²) < 4.78 is 1.71. The molecule has 0 saturated heterocycles. The molecule has 3 rings (SSSR count). The number of rotatable bonds is 5. The Bertz CT molecular complexity index is 897. The molecule has 1 amide bonds. The quantitative estimate of drug-likeness (QED) is 0.718. The van der Waals surface area contributed by atoms with Crippen LogP contribution in [0.3, 0.4) is 0 Å². The first-order chi connectivity index (χ1) is 12.0. The van der Waals surface area contributed by atoms with Crippen LogP contribution in [0.5, 0.6) is 0 Å². The molecule has 0 aliphatic heterocycles. The van der Waals surface area contributed by atoms with E-state index in [1.165, 1.54) is 11.3 Å². The second kappa shape index (κ2) is 7.00. The smallest absolute Gasteiger partial charge is 0.259 e. The van der Waals surface area contributed by atoms with Gasteiger partial charge >= 0.3 is 0 Å². The average Bonchev–Trinajstić information content (AvgIpc) is 3.09. The molecule has 5 nitrogen and oxygen atoms in total. The highest BCUT2D eigenvalue weighted by atomic mass is 35.5. The van der Waals surface area contributed by atoms with E-state index in [1.807, 2.05) is 44.3 Å². The van der Waals surface area contributed by atoms with Gasteiger partial charge in [-0.25, -0.2) is 0 Å². The highest BCUT2D eigenvalue weighted by molar-refractivity contribution is 7.14. The number of hydrogen-bond donors (Lipinski definition) is 2. The van der Waals surface area contributed by atoms with E-state index in [9.17, 15) is 4.79 Å². The lowest BCUT2D eigenvalue weighted by molar-refractivity contribution is 0.100.